The molecular formula is C42H30OS. The van der Waals surface area contributed by atoms with Crippen molar-refractivity contribution in [2.45, 2.75) is 36.0 Å². The molecule has 1 aliphatic carbocycles. The Morgan fingerprint density at radius 1 is 0.500 bits per heavy atom. The monoisotopic (exact) mass is 582 g/mol. The summed E-state index contributed by atoms with van der Waals surface area (Å²) in [5.41, 5.74) is 11.7. The van der Waals surface area contributed by atoms with Crippen LogP contribution in [0.25, 0.3) is 54.9 Å². The predicted octanol–water partition coefficient (Wildman–Crippen LogP) is 12.2. The Morgan fingerprint density at radius 2 is 1.14 bits per heavy atom. The molecule has 2 heteroatoms. The molecule has 1 nitrogen and oxygen atoms in total. The van der Waals surface area contributed by atoms with E-state index >= 15 is 0 Å². The molecule has 44 heavy (non-hydrogen) atoms. The number of ether oxygens (including phenoxy) is 1. The van der Waals surface area contributed by atoms with Gasteiger partial charge < -0.3 is 4.74 Å². The van der Waals surface area contributed by atoms with Gasteiger partial charge in [-0.15, -0.1) is 0 Å². The molecule has 0 fully saturated rings. The lowest BCUT2D eigenvalue weighted by molar-refractivity contribution is 0.455. The lowest BCUT2D eigenvalue weighted by Gasteiger charge is -2.23. The maximum absolute atomic E-state index is 6.45. The molecule has 9 rings (SSSR count). The fraction of sp³-hybridized carbons (Fsp3) is 0.0952. The van der Waals surface area contributed by atoms with Gasteiger partial charge in [0.15, 0.2) is 0 Å². The van der Waals surface area contributed by atoms with E-state index in [0.717, 1.165) is 21.3 Å². The minimum atomic E-state index is -0.0518. The molecule has 2 aliphatic rings. The highest BCUT2D eigenvalue weighted by Gasteiger charge is 2.35. The minimum Gasteiger partial charge on any atom is -0.455 e. The quantitative estimate of drug-likeness (QED) is 0.188. The Hall–Kier alpha value is -4.79. The standard InChI is InChI=1S/C42H30OS/c1-25-16-19-32-33(22-25)41(27-18-21-39-37(24-27)43-36-14-8-9-15-38(36)44-39)31-12-5-4-11-30(31)40(32)26-17-20-29-28-10-6-7-13-34(28)42(2,3)35(29)23-26/h4-24H,1-3H3. The van der Waals surface area contributed by atoms with Crippen molar-refractivity contribution in [3.63, 3.8) is 0 Å². The molecule has 0 unspecified atom stereocenters. The topological polar surface area (TPSA) is 9.23 Å². The summed E-state index contributed by atoms with van der Waals surface area (Å²) in [5, 5.41) is 5.07. The lowest BCUT2D eigenvalue weighted by Crippen LogP contribution is -2.14. The first kappa shape index (κ1) is 25.7. The molecular weight excluding hydrogens is 553 g/mol. The highest BCUT2D eigenvalue weighted by molar-refractivity contribution is 7.99. The zero-order chi connectivity index (χ0) is 29.6. The highest BCUT2D eigenvalue weighted by Crippen LogP contribution is 2.52. The van der Waals surface area contributed by atoms with Gasteiger partial charge in [-0.2, -0.15) is 0 Å². The summed E-state index contributed by atoms with van der Waals surface area (Å²) < 4.78 is 6.45. The van der Waals surface area contributed by atoms with E-state index in [9.17, 15) is 0 Å². The summed E-state index contributed by atoms with van der Waals surface area (Å²) in [4.78, 5) is 2.31. The van der Waals surface area contributed by atoms with E-state index in [1.54, 1.807) is 11.8 Å². The molecule has 7 aromatic rings. The van der Waals surface area contributed by atoms with Crippen LogP contribution in [0, 0.1) is 6.92 Å². The number of benzene rings is 7. The molecule has 0 atom stereocenters. The molecule has 0 saturated carbocycles. The van der Waals surface area contributed by atoms with Crippen molar-refractivity contribution in [3.05, 3.63) is 144 Å². The third-order valence-corrected chi connectivity index (χ3v) is 10.7. The summed E-state index contributed by atoms with van der Waals surface area (Å²) in [6.45, 7) is 6.91. The summed E-state index contributed by atoms with van der Waals surface area (Å²) in [6.07, 6.45) is 0. The van der Waals surface area contributed by atoms with Crippen LogP contribution in [0.2, 0.25) is 0 Å². The average Bonchev–Trinajstić information content (AvgIpc) is 3.28. The van der Waals surface area contributed by atoms with Gasteiger partial charge in [-0.3, -0.25) is 0 Å². The molecule has 0 saturated heterocycles. The second kappa shape index (κ2) is 9.35. The SMILES string of the molecule is Cc1ccc2c(-c3ccc4c(c3)C(C)(C)c3ccccc3-4)c3ccccc3c(-c3ccc4c(c3)Oc3ccccc3S4)c2c1. The second-order valence-electron chi connectivity index (χ2n) is 12.6. The van der Waals surface area contributed by atoms with Crippen LogP contribution in [-0.4, -0.2) is 0 Å². The Kier molecular flexibility index (Phi) is 5.46. The number of hydrogen-bond donors (Lipinski definition) is 0. The van der Waals surface area contributed by atoms with Gasteiger partial charge in [-0.05, 0) is 103 Å². The van der Waals surface area contributed by atoms with Crippen LogP contribution in [-0.2, 0) is 5.41 Å². The molecule has 210 valence electrons. The van der Waals surface area contributed by atoms with Crippen molar-refractivity contribution in [1.29, 1.82) is 0 Å². The Labute approximate surface area is 262 Å². The van der Waals surface area contributed by atoms with Crippen LogP contribution in [0.4, 0.5) is 0 Å². The first-order chi connectivity index (χ1) is 21.5. The van der Waals surface area contributed by atoms with E-state index in [2.05, 4.69) is 142 Å². The van der Waals surface area contributed by atoms with Crippen molar-refractivity contribution in [1.82, 2.24) is 0 Å². The summed E-state index contributed by atoms with van der Waals surface area (Å²) >= 11 is 1.78. The van der Waals surface area contributed by atoms with Gasteiger partial charge in [0, 0.05) is 5.41 Å². The van der Waals surface area contributed by atoms with Crippen molar-refractivity contribution >= 4 is 33.3 Å². The van der Waals surface area contributed by atoms with Crippen LogP contribution in [0.1, 0.15) is 30.5 Å². The van der Waals surface area contributed by atoms with Crippen LogP contribution in [0.15, 0.2) is 137 Å². The summed E-state index contributed by atoms with van der Waals surface area (Å²) in [6, 6.07) is 46.9. The summed E-state index contributed by atoms with van der Waals surface area (Å²) in [5.74, 6) is 1.84. The van der Waals surface area contributed by atoms with Gasteiger partial charge >= 0.3 is 0 Å². The van der Waals surface area contributed by atoms with Gasteiger partial charge in [0.05, 0.1) is 9.79 Å². The van der Waals surface area contributed by atoms with Gasteiger partial charge in [0.25, 0.3) is 0 Å². The first-order valence-electron chi connectivity index (χ1n) is 15.3. The van der Waals surface area contributed by atoms with Crippen LogP contribution in [0.5, 0.6) is 11.5 Å². The first-order valence-corrected chi connectivity index (χ1v) is 16.1. The molecule has 0 spiro atoms. The van der Waals surface area contributed by atoms with Gasteiger partial charge in [0.2, 0.25) is 0 Å². The molecule has 0 aromatic heterocycles. The molecule has 1 heterocycles. The molecule has 0 radical (unpaired) electrons. The largest absolute Gasteiger partial charge is 0.455 e. The Morgan fingerprint density at radius 3 is 2.00 bits per heavy atom. The zero-order valence-electron chi connectivity index (χ0n) is 24.9. The number of hydrogen-bond acceptors (Lipinski definition) is 2. The number of rotatable bonds is 2. The molecule has 0 amide bonds. The van der Waals surface area contributed by atoms with Crippen molar-refractivity contribution in [3.8, 4) is 44.9 Å². The van der Waals surface area contributed by atoms with Crippen LogP contribution in [0.3, 0.4) is 0 Å². The van der Waals surface area contributed by atoms with Crippen molar-refractivity contribution in [2.75, 3.05) is 0 Å². The van der Waals surface area contributed by atoms with Crippen molar-refractivity contribution < 1.29 is 4.74 Å². The predicted molar refractivity (Wildman–Crippen MR) is 185 cm³/mol. The second-order valence-corrected chi connectivity index (χ2v) is 13.7. The van der Waals surface area contributed by atoms with E-state index in [4.69, 9.17) is 4.74 Å². The van der Waals surface area contributed by atoms with E-state index in [1.807, 2.05) is 6.07 Å². The fourth-order valence-corrected chi connectivity index (χ4v) is 8.39. The van der Waals surface area contributed by atoms with Crippen LogP contribution >= 0.6 is 11.8 Å². The van der Waals surface area contributed by atoms with E-state index in [0.29, 0.717) is 0 Å². The Bertz CT molecular complexity index is 2330. The maximum Gasteiger partial charge on any atom is 0.142 e. The molecule has 1 aliphatic heterocycles. The number of fused-ring (bicyclic) bond motifs is 7. The maximum atomic E-state index is 6.45. The van der Waals surface area contributed by atoms with E-state index in [-0.39, 0.29) is 5.41 Å². The average molecular weight is 583 g/mol. The fourth-order valence-electron chi connectivity index (χ4n) is 7.46. The smallest absolute Gasteiger partial charge is 0.142 e. The van der Waals surface area contributed by atoms with Gasteiger partial charge in [-0.25, -0.2) is 0 Å². The molecule has 0 N–H and O–H groups in total. The zero-order valence-corrected chi connectivity index (χ0v) is 25.8. The summed E-state index contributed by atoms with van der Waals surface area (Å²) in [7, 11) is 0. The molecule has 7 aromatic carbocycles. The third kappa shape index (κ3) is 3.68. The molecule has 0 bridgehead atoms. The minimum absolute atomic E-state index is 0.0518. The van der Waals surface area contributed by atoms with E-state index < -0.39 is 0 Å². The third-order valence-electron chi connectivity index (χ3n) is 9.57. The number of aryl methyl sites for hydroxylation is 1. The lowest BCUT2D eigenvalue weighted by atomic mass is 9.80. The van der Waals surface area contributed by atoms with Gasteiger partial charge in [0.1, 0.15) is 11.5 Å². The number of para-hydroxylation sites is 1. The Balaban J connectivity index is 1.29. The van der Waals surface area contributed by atoms with Crippen molar-refractivity contribution in [2.24, 2.45) is 0 Å². The normalized spacial score (nSPS) is 14.1. The van der Waals surface area contributed by atoms with Crippen LogP contribution < -0.4 is 4.74 Å². The van der Waals surface area contributed by atoms with Gasteiger partial charge in [-0.1, -0.05) is 128 Å². The van der Waals surface area contributed by atoms with E-state index in [1.165, 1.54) is 71.6 Å². The highest BCUT2D eigenvalue weighted by atomic mass is 32.2.